The normalized spacial score (nSPS) is 19.2. The fraction of sp³-hybridized carbons (Fsp3) is 0.312. The molecule has 2 saturated heterocycles. The van der Waals surface area contributed by atoms with Crippen molar-refractivity contribution in [2.45, 2.75) is 26.0 Å². The van der Waals surface area contributed by atoms with Crippen LogP contribution in [0.3, 0.4) is 0 Å². The average molecular weight is 543 g/mol. The van der Waals surface area contributed by atoms with Crippen molar-refractivity contribution in [3.8, 4) is 11.5 Å². The molecular formula is C32H34N2O6. The van der Waals surface area contributed by atoms with Crippen molar-refractivity contribution in [3.63, 3.8) is 0 Å². The Kier molecular flexibility index (Phi) is 8.48. The van der Waals surface area contributed by atoms with Crippen LogP contribution in [0.5, 0.6) is 11.5 Å². The molecule has 3 aromatic carbocycles. The summed E-state index contributed by atoms with van der Waals surface area (Å²) in [7, 11) is 0. The van der Waals surface area contributed by atoms with Crippen molar-refractivity contribution in [1.82, 2.24) is 9.80 Å². The van der Waals surface area contributed by atoms with Gasteiger partial charge in [0.1, 0.15) is 23.9 Å². The van der Waals surface area contributed by atoms with E-state index in [9.17, 15) is 19.8 Å². The van der Waals surface area contributed by atoms with Crippen molar-refractivity contribution in [3.05, 3.63) is 101 Å². The Bertz CT molecular complexity index is 1390. The van der Waals surface area contributed by atoms with Gasteiger partial charge in [-0.05, 0) is 66.4 Å². The lowest BCUT2D eigenvalue weighted by Crippen LogP contribution is -2.38. The number of hydrogen-bond acceptors (Lipinski definition) is 7. The van der Waals surface area contributed by atoms with E-state index in [-0.39, 0.29) is 17.1 Å². The highest BCUT2D eigenvalue weighted by Crippen LogP contribution is 2.40. The highest BCUT2D eigenvalue weighted by molar-refractivity contribution is 6.46. The number of rotatable bonds is 9. The molecule has 8 heteroatoms. The number of likely N-dealkylation sites (tertiary alicyclic amines) is 1. The Hall–Kier alpha value is -4.14. The Morgan fingerprint density at radius 1 is 0.975 bits per heavy atom. The van der Waals surface area contributed by atoms with Crippen LogP contribution in [-0.4, -0.2) is 71.1 Å². The van der Waals surface area contributed by atoms with Crippen LogP contribution in [-0.2, 0) is 20.9 Å². The zero-order valence-corrected chi connectivity index (χ0v) is 22.6. The Labute approximate surface area is 234 Å². The van der Waals surface area contributed by atoms with E-state index >= 15 is 0 Å². The number of aromatic hydroxyl groups is 1. The van der Waals surface area contributed by atoms with Gasteiger partial charge in [-0.1, -0.05) is 36.4 Å². The summed E-state index contributed by atoms with van der Waals surface area (Å²) in [6.45, 7) is 6.58. The Morgan fingerprint density at radius 2 is 1.73 bits per heavy atom. The molecule has 0 bridgehead atoms. The van der Waals surface area contributed by atoms with Gasteiger partial charge < -0.3 is 24.6 Å². The van der Waals surface area contributed by atoms with Crippen molar-refractivity contribution >= 4 is 17.4 Å². The van der Waals surface area contributed by atoms with Crippen LogP contribution in [0.15, 0.2) is 78.4 Å². The molecule has 0 saturated carbocycles. The lowest BCUT2D eigenvalue weighted by Gasteiger charge is -2.29. The lowest BCUT2D eigenvalue weighted by molar-refractivity contribution is -0.140. The molecular weight excluding hydrogens is 508 g/mol. The van der Waals surface area contributed by atoms with Crippen LogP contribution >= 0.6 is 0 Å². The fourth-order valence-electron chi connectivity index (χ4n) is 5.24. The van der Waals surface area contributed by atoms with Crippen molar-refractivity contribution in [2.75, 3.05) is 39.4 Å². The minimum atomic E-state index is -0.811. The number of ketones is 1. The van der Waals surface area contributed by atoms with Gasteiger partial charge in [-0.3, -0.25) is 14.5 Å². The molecule has 0 unspecified atom stereocenters. The van der Waals surface area contributed by atoms with E-state index < -0.39 is 17.7 Å². The zero-order chi connectivity index (χ0) is 28.1. The monoisotopic (exact) mass is 542 g/mol. The number of nitrogens with zero attached hydrogens (tertiary/aromatic N) is 2. The molecule has 0 aliphatic carbocycles. The summed E-state index contributed by atoms with van der Waals surface area (Å²) in [6.07, 6.45) is 0.662. The third-order valence-electron chi connectivity index (χ3n) is 7.49. The summed E-state index contributed by atoms with van der Waals surface area (Å²) in [4.78, 5) is 30.3. The van der Waals surface area contributed by atoms with Gasteiger partial charge in [0, 0.05) is 31.7 Å². The fourth-order valence-corrected chi connectivity index (χ4v) is 5.24. The van der Waals surface area contributed by atoms with E-state index in [1.807, 2.05) is 31.2 Å². The molecule has 3 aromatic rings. The first-order chi connectivity index (χ1) is 19.4. The van der Waals surface area contributed by atoms with Gasteiger partial charge in [0.15, 0.2) is 0 Å². The number of carbonyl (C=O) groups is 2. The molecule has 1 amide bonds. The molecule has 5 rings (SSSR count). The third kappa shape index (κ3) is 6.03. The number of hydrogen-bond donors (Lipinski definition) is 2. The molecule has 40 heavy (non-hydrogen) atoms. The second-order valence-corrected chi connectivity index (χ2v) is 10.1. The first-order valence-corrected chi connectivity index (χ1v) is 13.6. The summed E-state index contributed by atoms with van der Waals surface area (Å²) in [5.74, 6) is -1.01. The van der Waals surface area contributed by atoms with Gasteiger partial charge in [-0.25, -0.2) is 0 Å². The number of carbonyl (C=O) groups excluding carboxylic acids is 2. The molecule has 2 heterocycles. The van der Waals surface area contributed by atoms with Crippen molar-refractivity contribution in [1.29, 1.82) is 0 Å². The van der Waals surface area contributed by atoms with Crippen molar-refractivity contribution < 1.29 is 29.3 Å². The topological polar surface area (TPSA) is 99.5 Å². The van der Waals surface area contributed by atoms with Gasteiger partial charge in [0.05, 0.1) is 24.8 Å². The molecule has 8 nitrogen and oxygen atoms in total. The van der Waals surface area contributed by atoms with Gasteiger partial charge in [-0.15, -0.1) is 0 Å². The van der Waals surface area contributed by atoms with Crippen LogP contribution < -0.4 is 4.74 Å². The summed E-state index contributed by atoms with van der Waals surface area (Å²) < 4.78 is 11.3. The van der Waals surface area contributed by atoms with E-state index in [0.29, 0.717) is 49.7 Å². The predicted molar refractivity (Wildman–Crippen MR) is 151 cm³/mol. The minimum absolute atomic E-state index is 0.00977. The van der Waals surface area contributed by atoms with Crippen molar-refractivity contribution in [2.24, 2.45) is 0 Å². The number of amides is 1. The summed E-state index contributed by atoms with van der Waals surface area (Å²) in [6, 6.07) is 20.5. The van der Waals surface area contributed by atoms with Crippen LogP contribution in [0.1, 0.15) is 34.7 Å². The molecule has 2 aliphatic heterocycles. The quantitative estimate of drug-likeness (QED) is 0.235. The number of ether oxygens (including phenoxy) is 2. The molecule has 2 fully saturated rings. The number of Topliss-reactive ketones (excluding diaryl/α,β-unsaturated/α-hetero) is 1. The Morgan fingerprint density at radius 3 is 2.45 bits per heavy atom. The first-order valence-electron chi connectivity index (χ1n) is 13.6. The molecule has 0 radical (unpaired) electrons. The zero-order valence-electron chi connectivity index (χ0n) is 22.6. The van der Waals surface area contributed by atoms with Crippen LogP contribution in [0, 0.1) is 6.92 Å². The van der Waals surface area contributed by atoms with Gasteiger partial charge >= 0.3 is 0 Å². The maximum Gasteiger partial charge on any atom is 0.295 e. The summed E-state index contributed by atoms with van der Waals surface area (Å²) in [5.41, 5.74) is 3.19. The van der Waals surface area contributed by atoms with Gasteiger partial charge in [0.25, 0.3) is 11.7 Å². The van der Waals surface area contributed by atoms with E-state index in [4.69, 9.17) is 9.47 Å². The van der Waals surface area contributed by atoms with E-state index in [1.165, 1.54) is 17.0 Å². The molecule has 0 aromatic heterocycles. The second kappa shape index (κ2) is 12.4. The van der Waals surface area contributed by atoms with Gasteiger partial charge in [0.2, 0.25) is 0 Å². The smallest absolute Gasteiger partial charge is 0.295 e. The maximum absolute atomic E-state index is 13.3. The standard InChI is InChI=1S/C32H34N2O6/c1-22-6-2-3-7-25(22)21-40-27-12-10-23(11-13-27)30(36)28-29(24-8-4-9-26(35)20-24)34(32(38)31(28)37)15-5-14-33-16-18-39-19-17-33/h2-4,6-13,20,29,35-36H,5,14-19,21H2,1H3/t29-/m0/s1. The molecule has 2 N–H and O–H groups in total. The number of morpholine rings is 1. The molecule has 1 atom stereocenters. The lowest BCUT2D eigenvalue weighted by atomic mass is 9.95. The third-order valence-corrected chi connectivity index (χ3v) is 7.49. The van der Waals surface area contributed by atoms with Gasteiger partial charge in [-0.2, -0.15) is 0 Å². The SMILES string of the molecule is Cc1ccccc1COc1ccc(C(O)=C2C(=O)C(=O)N(CCCN3CCOCC3)[C@H]2c2cccc(O)c2)cc1. The first kappa shape index (κ1) is 27.4. The second-order valence-electron chi connectivity index (χ2n) is 10.1. The number of phenols is 1. The number of aryl methyl sites for hydroxylation is 1. The van der Waals surface area contributed by atoms with E-state index in [1.54, 1.807) is 36.4 Å². The highest BCUT2D eigenvalue weighted by Gasteiger charge is 2.45. The predicted octanol–water partition coefficient (Wildman–Crippen LogP) is 4.42. The van der Waals surface area contributed by atoms with E-state index in [2.05, 4.69) is 4.90 Å². The summed E-state index contributed by atoms with van der Waals surface area (Å²) in [5, 5.41) is 21.5. The molecule has 208 valence electrons. The highest BCUT2D eigenvalue weighted by atomic mass is 16.5. The Balaban J connectivity index is 1.39. The minimum Gasteiger partial charge on any atom is -0.508 e. The molecule has 2 aliphatic rings. The average Bonchev–Trinajstić information content (AvgIpc) is 3.22. The van der Waals surface area contributed by atoms with Crippen LogP contribution in [0.25, 0.3) is 5.76 Å². The number of aliphatic hydroxyl groups excluding tert-OH is 1. The number of aliphatic hydroxyl groups is 1. The maximum atomic E-state index is 13.3. The number of benzene rings is 3. The summed E-state index contributed by atoms with van der Waals surface area (Å²) >= 11 is 0. The molecule has 0 spiro atoms. The largest absolute Gasteiger partial charge is 0.508 e. The van der Waals surface area contributed by atoms with Crippen LogP contribution in [0.2, 0.25) is 0 Å². The van der Waals surface area contributed by atoms with E-state index in [0.717, 1.165) is 30.8 Å². The van der Waals surface area contributed by atoms with Crippen LogP contribution in [0.4, 0.5) is 0 Å². The number of phenolic OH excluding ortho intramolecular Hbond substituents is 1.